The van der Waals surface area contributed by atoms with Crippen LogP contribution in [0.5, 0.6) is 0 Å². The maximum Gasteiger partial charge on any atom is 0.127 e. The Kier molecular flexibility index (Phi) is 6.28. The number of benzene rings is 1. The molecule has 0 aliphatic heterocycles. The first-order valence-electron chi connectivity index (χ1n) is 7.02. The molecular formula is C16H25ClFN. The van der Waals surface area contributed by atoms with Crippen molar-refractivity contribution in [2.45, 2.75) is 53.0 Å². The number of nitrogens with one attached hydrogen (secondary N) is 1. The minimum Gasteiger partial charge on any atom is -0.314 e. The van der Waals surface area contributed by atoms with Gasteiger partial charge in [0.2, 0.25) is 0 Å². The van der Waals surface area contributed by atoms with Crippen LogP contribution in [0.15, 0.2) is 18.2 Å². The predicted octanol–water partition coefficient (Wildman–Crippen LogP) is 4.83. The maximum atomic E-state index is 13.7. The van der Waals surface area contributed by atoms with E-state index in [2.05, 4.69) is 33.0 Å². The summed E-state index contributed by atoms with van der Waals surface area (Å²) in [5.74, 6) is -0.191. The zero-order valence-corrected chi connectivity index (χ0v) is 13.1. The Bertz CT molecular complexity index is 398. The molecule has 1 aromatic rings. The third-order valence-electron chi connectivity index (χ3n) is 3.45. The summed E-state index contributed by atoms with van der Waals surface area (Å²) in [5, 5.41) is 3.98. The highest BCUT2D eigenvalue weighted by molar-refractivity contribution is 6.30. The van der Waals surface area contributed by atoms with Crippen LogP contribution in [-0.2, 0) is 6.42 Å². The quantitative estimate of drug-likeness (QED) is 0.790. The average Bonchev–Trinajstić information content (AvgIpc) is 2.29. The van der Waals surface area contributed by atoms with Gasteiger partial charge in [0, 0.05) is 11.1 Å². The number of aryl methyl sites for hydroxylation is 1. The zero-order chi connectivity index (χ0) is 14.5. The van der Waals surface area contributed by atoms with Crippen molar-refractivity contribution in [2.24, 2.45) is 5.41 Å². The van der Waals surface area contributed by atoms with Crippen molar-refractivity contribution >= 4 is 11.6 Å². The van der Waals surface area contributed by atoms with Gasteiger partial charge in [0.05, 0.1) is 0 Å². The highest BCUT2D eigenvalue weighted by atomic mass is 35.5. The highest BCUT2D eigenvalue weighted by Crippen LogP contribution is 2.24. The Morgan fingerprint density at radius 2 is 2.00 bits per heavy atom. The summed E-state index contributed by atoms with van der Waals surface area (Å²) in [6.45, 7) is 9.81. The molecule has 3 heteroatoms. The third kappa shape index (κ3) is 5.50. The summed E-state index contributed by atoms with van der Waals surface area (Å²) < 4.78 is 13.7. The monoisotopic (exact) mass is 285 g/mol. The lowest BCUT2D eigenvalue weighted by atomic mass is 9.83. The van der Waals surface area contributed by atoms with Crippen molar-refractivity contribution in [3.8, 4) is 0 Å². The van der Waals surface area contributed by atoms with Crippen molar-refractivity contribution in [3.05, 3.63) is 34.6 Å². The molecule has 0 saturated carbocycles. The summed E-state index contributed by atoms with van der Waals surface area (Å²) >= 11 is 5.75. The number of hydrogen-bond donors (Lipinski definition) is 1. The summed E-state index contributed by atoms with van der Waals surface area (Å²) in [6.07, 6.45) is 2.80. The smallest absolute Gasteiger partial charge is 0.127 e. The number of rotatable bonds is 6. The van der Waals surface area contributed by atoms with Gasteiger partial charge in [-0.25, -0.2) is 4.39 Å². The Hall–Kier alpha value is -0.600. The van der Waals surface area contributed by atoms with Gasteiger partial charge in [0.25, 0.3) is 0 Å². The van der Waals surface area contributed by atoms with Gasteiger partial charge in [0.15, 0.2) is 0 Å². The van der Waals surface area contributed by atoms with Crippen LogP contribution >= 0.6 is 11.6 Å². The van der Waals surface area contributed by atoms with Crippen LogP contribution in [0.25, 0.3) is 0 Å². The normalized spacial score (nSPS) is 13.6. The summed E-state index contributed by atoms with van der Waals surface area (Å²) in [5.41, 5.74) is 0.989. The maximum absolute atomic E-state index is 13.7. The topological polar surface area (TPSA) is 12.0 Å². The van der Waals surface area contributed by atoms with Crippen LogP contribution < -0.4 is 5.32 Å². The average molecular weight is 286 g/mol. The molecule has 108 valence electrons. The first-order chi connectivity index (χ1) is 8.84. The fourth-order valence-electron chi connectivity index (χ4n) is 2.31. The van der Waals surface area contributed by atoms with E-state index in [9.17, 15) is 4.39 Å². The molecule has 0 saturated heterocycles. The molecule has 1 aromatic carbocycles. The van der Waals surface area contributed by atoms with Gasteiger partial charge in [-0.2, -0.15) is 0 Å². The Balaban J connectivity index is 2.52. The minimum absolute atomic E-state index is 0.191. The van der Waals surface area contributed by atoms with Crippen LogP contribution in [0.4, 0.5) is 4.39 Å². The molecule has 1 N–H and O–H groups in total. The second-order valence-electron chi connectivity index (χ2n) is 6.10. The minimum atomic E-state index is -0.191. The van der Waals surface area contributed by atoms with E-state index >= 15 is 0 Å². The van der Waals surface area contributed by atoms with Crippen molar-refractivity contribution in [1.29, 1.82) is 0 Å². The largest absolute Gasteiger partial charge is 0.314 e. The van der Waals surface area contributed by atoms with Crippen molar-refractivity contribution in [3.63, 3.8) is 0 Å². The lowest BCUT2D eigenvalue weighted by molar-refractivity contribution is 0.254. The van der Waals surface area contributed by atoms with Crippen LogP contribution in [0.1, 0.15) is 46.1 Å². The second kappa shape index (κ2) is 7.25. The van der Waals surface area contributed by atoms with E-state index in [0.29, 0.717) is 11.1 Å². The molecule has 0 amide bonds. The highest BCUT2D eigenvalue weighted by Gasteiger charge is 2.23. The Morgan fingerprint density at radius 3 is 2.53 bits per heavy atom. The van der Waals surface area contributed by atoms with Crippen LogP contribution in [0.2, 0.25) is 5.02 Å². The molecule has 1 atom stereocenters. The molecule has 0 aliphatic rings. The van der Waals surface area contributed by atoms with Gasteiger partial charge >= 0.3 is 0 Å². The molecule has 1 unspecified atom stereocenters. The van der Waals surface area contributed by atoms with Gasteiger partial charge in [0.1, 0.15) is 5.82 Å². The Morgan fingerprint density at radius 1 is 1.32 bits per heavy atom. The summed E-state index contributed by atoms with van der Waals surface area (Å²) in [4.78, 5) is 0. The molecule has 0 aliphatic carbocycles. The van der Waals surface area contributed by atoms with E-state index in [0.717, 1.165) is 31.4 Å². The summed E-state index contributed by atoms with van der Waals surface area (Å²) in [6, 6.07) is 5.40. The van der Waals surface area contributed by atoms with Crippen molar-refractivity contribution in [1.82, 2.24) is 5.32 Å². The molecule has 0 bridgehead atoms. The van der Waals surface area contributed by atoms with Gasteiger partial charge in [-0.3, -0.25) is 0 Å². The molecule has 1 nitrogen and oxygen atoms in total. The van der Waals surface area contributed by atoms with E-state index in [1.807, 2.05) is 0 Å². The molecular weight excluding hydrogens is 261 g/mol. The van der Waals surface area contributed by atoms with E-state index in [4.69, 9.17) is 11.6 Å². The van der Waals surface area contributed by atoms with Gasteiger partial charge in [-0.1, -0.05) is 45.4 Å². The van der Waals surface area contributed by atoms with E-state index in [1.165, 1.54) is 6.07 Å². The molecule has 0 heterocycles. The lowest BCUT2D eigenvalue weighted by Gasteiger charge is -2.31. The summed E-state index contributed by atoms with van der Waals surface area (Å²) in [7, 11) is 0. The van der Waals surface area contributed by atoms with Crippen LogP contribution in [0.3, 0.4) is 0 Å². The molecule has 0 aromatic heterocycles. The van der Waals surface area contributed by atoms with E-state index in [-0.39, 0.29) is 11.2 Å². The second-order valence-corrected chi connectivity index (χ2v) is 6.54. The van der Waals surface area contributed by atoms with E-state index in [1.54, 1.807) is 12.1 Å². The molecule has 0 spiro atoms. The third-order valence-corrected chi connectivity index (χ3v) is 3.69. The molecule has 19 heavy (non-hydrogen) atoms. The standard InChI is InChI=1S/C16H25ClFN/c1-5-19-15(16(2,3)4)8-6-7-12-9-10-13(17)11-14(12)18/h9-11,15,19H,5-8H2,1-4H3. The van der Waals surface area contributed by atoms with Gasteiger partial charge in [-0.15, -0.1) is 0 Å². The first-order valence-corrected chi connectivity index (χ1v) is 7.39. The van der Waals surface area contributed by atoms with Crippen molar-refractivity contribution in [2.75, 3.05) is 6.54 Å². The fourth-order valence-corrected chi connectivity index (χ4v) is 2.47. The van der Waals surface area contributed by atoms with Gasteiger partial charge in [-0.05, 0) is 48.9 Å². The molecule has 0 radical (unpaired) electrons. The zero-order valence-electron chi connectivity index (χ0n) is 12.4. The molecule has 1 rings (SSSR count). The van der Waals surface area contributed by atoms with Crippen LogP contribution in [0, 0.1) is 11.2 Å². The first kappa shape index (κ1) is 16.5. The lowest BCUT2D eigenvalue weighted by Crippen LogP contribution is -2.40. The Labute approximate surface area is 121 Å². The number of halogens is 2. The van der Waals surface area contributed by atoms with Crippen LogP contribution in [-0.4, -0.2) is 12.6 Å². The molecule has 0 fully saturated rings. The van der Waals surface area contributed by atoms with E-state index < -0.39 is 0 Å². The van der Waals surface area contributed by atoms with Gasteiger partial charge < -0.3 is 5.32 Å². The fraction of sp³-hybridized carbons (Fsp3) is 0.625. The predicted molar refractivity (Wildman–Crippen MR) is 81.3 cm³/mol. The number of hydrogen-bond acceptors (Lipinski definition) is 1. The van der Waals surface area contributed by atoms with Crippen molar-refractivity contribution < 1.29 is 4.39 Å². The SMILES string of the molecule is CCNC(CCCc1ccc(Cl)cc1F)C(C)(C)C.